The number of hydrogen-bond acceptors (Lipinski definition) is 6. The maximum absolute atomic E-state index is 13.1. The van der Waals surface area contributed by atoms with E-state index in [0.29, 0.717) is 17.7 Å². The van der Waals surface area contributed by atoms with Crippen molar-refractivity contribution in [3.05, 3.63) is 60.2 Å². The molecule has 2 fully saturated rings. The minimum absolute atomic E-state index is 0.0771. The first-order chi connectivity index (χ1) is 15.7. The van der Waals surface area contributed by atoms with Crippen molar-refractivity contribution in [3.63, 3.8) is 0 Å². The molecule has 5 rings (SSSR count). The second kappa shape index (κ2) is 9.02. The average Bonchev–Trinajstić information content (AvgIpc) is 3.35. The molecule has 2 aliphatic rings. The largest absolute Gasteiger partial charge is 0.368 e. The summed E-state index contributed by atoms with van der Waals surface area (Å²) in [5, 5.41) is 4.17. The van der Waals surface area contributed by atoms with Crippen molar-refractivity contribution in [1.29, 1.82) is 0 Å². The fraction of sp³-hybridized carbons (Fsp3) is 0.400. The lowest BCUT2D eigenvalue weighted by Crippen LogP contribution is -2.51. The molecule has 1 amide bonds. The van der Waals surface area contributed by atoms with Crippen molar-refractivity contribution >= 4 is 17.6 Å². The van der Waals surface area contributed by atoms with Gasteiger partial charge in [0.2, 0.25) is 11.7 Å². The molecule has 2 aromatic carbocycles. The van der Waals surface area contributed by atoms with Gasteiger partial charge in [-0.05, 0) is 37.5 Å². The number of para-hydroxylation sites is 1. The van der Waals surface area contributed by atoms with E-state index in [1.165, 1.54) is 5.69 Å². The molecule has 3 heterocycles. The number of piperidine rings is 1. The van der Waals surface area contributed by atoms with Gasteiger partial charge in [-0.2, -0.15) is 4.98 Å². The van der Waals surface area contributed by atoms with Crippen LogP contribution in [-0.2, 0) is 4.79 Å². The maximum Gasteiger partial charge on any atom is 0.324 e. The number of nitrogens with zero attached hydrogens (tertiary/aromatic N) is 5. The van der Waals surface area contributed by atoms with Gasteiger partial charge in [0.25, 0.3) is 0 Å². The summed E-state index contributed by atoms with van der Waals surface area (Å²) in [7, 11) is 0. The van der Waals surface area contributed by atoms with Gasteiger partial charge < -0.3 is 19.2 Å². The summed E-state index contributed by atoms with van der Waals surface area (Å²) in [6, 6.07) is 19.0. The highest BCUT2D eigenvalue weighted by atomic mass is 16.5. The quantitative estimate of drug-likeness (QED) is 0.629. The number of aromatic nitrogens is 2. The summed E-state index contributed by atoms with van der Waals surface area (Å²) in [6.45, 7) is 6.92. The smallest absolute Gasteiger partial charge is 0.324 e. The van der Waals surface area contributed by atoms with Gasteiger partial charge in [0.15, 0.2) is 0 Å². The van der Waals surface area contributed by atoms with Crippen LogP contribution in [0.4, 0.5) is 11.7 Å². The first-order valence-corrected chi connectivity index (χ1v) is 11.4. The zero-order valence-corrected chi connectivity index (χ0v) is 18.5. The molecule has 0 bridgehead atoms. The number of amides is 1. The summed E-state index contributed by atoms with van der Waals surface area (Å²) in [5.74, 6) is 0.990. The number of carbonyl (C=O) groups excluding carboxylic acids is 1. The molecular formula is C25H29N5O2. The van der Waals surface area contributed by atoms with Gasteiger partial charge in [0.05, 0.1) is 0 Å². The van der Waals surface area contributed by atoms with Crippen LogP contribution in [0.2, 0.25) is 0 Å². The standard InChI is InChI=1S/C25H29N5O2/c1-19-7-5-6-10-22(19)23-26-25(32-27-23)30-13-11-20(12-14-30)24(31)29-17-15-28(16-18-29)21-8-3-2-4-9-21/h2-10,20H,11-18H2,1H3. The number of piperazine rings is 1. The Labute approximate surface area is 188 Å². The van der Waals surface area contributed by atoms with Crippen LogP contribution in [0.3, 0.4) is 0 Å². The number of rotatable bonds is 4. The third kappa shape index (κ3) is 4.20. The average molecular weight is 432 g/mol. The Kier molecular flexibility index (Phi) is 5.79. The maximum atomic E-state index is 13.1. The van der Waals surface area contributed by atoms with Gasteiger partial charge >= 0.3 is 6.01 Å². The van der Waals surface area contributed by atoms with E-state index in [-0.39, 0.29) is 5.92 Å². The Morgan fingerprint density at radius 1 is 0.875 bits per heavy atom. The van der Waals surface area contributed by atoms with Crippen LogP contribution in [-0.4, -0.2) is 60.2 Å². The summed E-state index contributed by atoms with van der Waals surface area (Å²) in [4.78, 5) is 24.2. The molecule has 1 aromatic heterocycles. The number of carbonyl (C=O) groups is 1. The molecular weight excluding hydrogens is 402 g/mol. The molecule has 0 radical (unpaired) electrons. The van der Waals surface area contributed by atoms with E-state index < -0.39 is 0 Å². The van der Waals surface area contributed by atoms with E-state index >= 15 is 0 Å². The van der Waals surface area contributed by atoms with Gasteiger partial charge in [0, 0.05) is 56.4 Å². The van der Waals surface area contributed by atoms with E-state index in [9.17, 15) is 4.79 Å². The van der Waals surface area contributed by atoms with Crippen molar-refractivity contribution < 1.29 is 9.32 Å². The number of aryl methyl sites for hydroxylation is 1. The van der Waals surface area contributed by atoms with Crippen LogP contribution in [0.1, 0.15) is 18.4 Å². The fourth-order valence-electron chi connectivity index (χ4n) is 4.68. The van der Waals surface area contributed by atoms with E-state index in [1.807, 2.05) is 42.2 Å². The predicted octanol–water partition coefficient (Wildman–Crippen LogP) is 3.61. The summed E-state index contributed by atoms with van der Waals surface area (Å²) < 4.78 is 5.54. The van der Waals surface area contributed by atoms with Crippen molar-refractivity contribution in [2.24, 2.45) is 5.92 Å². The van der Waals surface area contributed by atoms with Crippen LogP contribution in [0.15, 0.2) is 59.1 Å². The minimum atomic E-state index is 0.0771. The molecule has 0 unspecified atom stereocenters. The molecule has 3 aromatic rings. The molecule has 32 heavy (non-hydrogen) atoms. The summed E-state index contributed by atoms with van der Waals surface area (Å²) in [6.07, 6.45) is 1.64. The van der Waals surface area contributed by atoms with Gasteiger partial charge in [-0.3, -0.25) is 4.79 Å². The third-order valence-corrected chi connectivity index (χ3v) is 6.63. The Morgan fingerprint density at radius 2 is 1.56 bits per heavy atom. The second-order valence-electron chi connectivity index (χ2n) is 8.62. The molecule has 7 nitrogen and oxygen atoms in total. The van der Waals surface area contributed by atoms with Gasteiger partial charge in [-0.25, -0.2) is 0 Å². The highest BCUT2D eigenvalue weighted by Crippen LogP contribution is 2.27. The summed E-state index contributed by atoms with van der Waals surface area (Å²) in [5.41, 5.74) is 3.34. The second-order valence-corrected chi connectivity index (χ2v) is 8.62. The molecule has 0 aliphatic carbocycles. The molecule has 0 saturated carbocycles. The topological polar surface area (TPSA) is 65.7 Å². The minimum Gasteiger partial charge on any atom is -0.368 e. The first kappa shape index (κ1) is 20.5. The number of hydrogen-bond donors (Lipinski definition) is 0. The van der Waals surface area contributed by atoms with Crippen molar-refractivity contribution in [2.45, 2.75) is 19.8 Å². The van der Waals surface area contributed by atoms with Crippen LogP contribution in [0.25, 0.3) is 11.4 Å². The Balaban J connectivity index is 1.14. The van der Waals surface area contributed by atoms with E-state index in [1.54, 1.807) is 0 Å². The van der Waals surface area contributed by atoms with E-state index in [4.69, 9.17) is 4.52 Å². The predicted molar refractivity (Wildman–Crippen MR) is 125 cm³/mol. The first-order valence-electron chi connectivity index (χ1n) is 11.4. The van der Waals surface area contributed by atoms with Crippen LogP contribution in [0.5, 0.6) is 0 Å². The van der Waals surface area contributed by atoms with Crippen molar-refractivity contribution in [2.75, 3.05) is 49.1 Å². The number of benzene rings is 2. The molecule has 2 saturated heterocycles. The highest BCUT2D eigenvalue weighted by molar-refractivity contribution is 5.79. The van der Waals surface area contributed by atoms with Gasteiger partial charge in [0.1, 0.15) is 0 Å². The molecule has 0 atom stereocenters. The van der Waals surface area contributed by atoms with Crippen LogP contribution in [0, 0.1) is 12.8 Å². The Hall–Kier alpha value is -3.35. The molecule has 2 aliphatic heterocycles. The SMILES string of the molecule is Cc1ccccc1-c1noc(N2CCC(C(=O)N3CCN(c4ccccc4)CC3)CC2)n1. The lowest BCUT2D eigenvalue weighted by atomic mass is 9.95. The van der Waals surface area contributed by atoms with Gasteiger partial charge in [-0.1, -0.05) is 47.6 Å². The molecule has 0 N–H and O–H groups in total. The lowest BCUT2D eigenvalue weighted by Gasteiger charge is -2.39. The molecule has 7 heteroatoms. The fourth-order valence-corrected chi connectivity index (χ4v) is 4.68. The normalized spacial score (nSPS) is 17.6. The highest BCUT2D eigenvalue weighted by Gasteiger charge is 2.32. The van der Waals surface area contributed by atoms with Crippen molar-refractivity contribution in [3.8, 4) is 11.4 Å². The molecule has 0 spiro atoms. The van der Waals surface area contributed by atoms with Crippen LogP contribution >= 0.6 is 0 Å². The van der Waals surface area contributed by atoms with E-state index in [0.717, 1.165) is 63.2 Å². The molecule has 166 valence electrons. The Morgan fingerprint density at radius 3 is 2.28 bits per heavy atom. The zero-order valence-electron chi connectivity index (χ0n) is 18.5. The number of anilines is 2. The Bertz CT molecular complexity index is 1050. The third-order valence-electron chi connectivity index (χ3n) is 6.63. The zero-order chi connectivity index (χ0) is 21.9. The van der Waals surface area contributed by atoms with Crippen LogP contribution < -0.4 is 9.80 Å². The van der Waals surface area contributed by atoms with Gasteiger partial charge in [-0.15, -0.1) is 0 Å². The summed E-state index contributed by atoms with van der Waals surface area (Å²) >= 11 is 0. The lowest BCUT2D eigenvalue weighted by molar-refractivity contribution is -0.136. The van der Waals surface area contributed by atoms with Crippen molar-refractivity contribution in [1.82, 2.24) is 15.0 Å². The van der Waals surface area contributed by atoms with E-state index in [2.05, 4.69) is 44.2 Å². The monoisotopic (exact) mass is 431 g/mol.